The van der Waals surface area contributed by atoms with E-state index in [1.807, 2.05) is 147 Å². The van der Waals surface area contributed by atoms with Gasteiger partial charge >= 0.3 is 0 Å². The standard InChI is InChI=1S/C24H21NO3S.C17H18O3.C7H4ClNS/c1-2-27-22-16-17(12-14-20(26)18-8-4-3-5-9-18)13-15-21(22)28-24-25-19-10-6-7-11-23(19)29-24;1-2-20-17-12-13(9-11-16(17)19)8-10-15(18)14-6-4-3-5-7-14;8-7-9-5-3-1-2-4-6(5)10-7/h3-11,13,15-16H,2,12,14H2,1H3;3-7,9,11-12,19H,2,8,10H2,1H3;1-4H. The molecule has 8 nitrogen and oxygen atoms in total. The summed E-state index contributed by atoms with van der Waals surface area (Å²) >= 11 is 8.70. The van der Waals surface area contributed by atoms with E-state index in [9.17, 15) is 14.7 Å². The van der Waals surface area contributed by atoms with Gasteiger partial charge in [0.25, 0.3) is 5.19 Å². The van der Waals surface area contributed by atoms with E-state index < -0.39 is 0 Å². The number of aromatic hydroxyl groups is 1. The molecular formula is C48H43ClN2O6S2. The number of phenols is 1. The molecule has 2 aromatic heterocycles. The summed E-state index contributed by atoms with van der Waals surface area (Å²) in [4.78, 5) is 33.0. The number of phenolic OH excluding ortho intramolecular Hbond substituents is 1. The first-order valence-electron chi connectivity index (χ1n) is 19.2. The summed E-state index contributed by atoms with van der Waals surface area (Å²) < 4.78 is 20.0. The van der Waals surface area contributed by atoms with Gasteiger partial charge in [0.15, 0.2) is 39.0 Å². The number of rotatable bonds is 14. The fourth-order valence-corrected chi connectivity index (χ4v) is 7.79. The summed E-state index contributed by atoms with van der Waals surface area (Å²) in [5.41, 5.74) is 5.40. The highest BCUT2D eigenvalue weighted by molar-refractivity contribution is 7.22. The van der Waals surface area contributed by atoms with Crippen LogP contribution in [0.3, 0.4) is 0 Å². The smallest absolute Gasteiger partial charge is 0.279 e. The number of aryl methyl sites for hydroxylation is 2. The van der Waals surface area contributed by atoms with Gasteiger partial charge in [0.1, 0.15) is 0 Å². The highest BCUT2D eigenvalue weighted by Gasteiger charge is 2.13. The number of para-hydroxylation sites is 2. The molecule has 0 bridgehead atoms. The van der Waals surface area contributed by atoms with E-state index in [2.05, 4.69) is 9.97 Å². The summed E-state index contributed by atoms with van der Waals surface area (Å²) in [5.74, 6) is 2.15. The molecule has 0 saturated carbocycles. The van der Waals surface area contributed by atoms with Gasteiger partial charge in [0.05, 0.1) is 33.6 Å². The first kappa shape index (κ1) is 42.5. The maximum atomic E-state index is 12.4. The predicted octanol–water partition coefficient (Wildman–Crippen LogP) is 12.9. The van der Waals surface area contributed by atoms with Crippen LogP contribution >= 0.6 is 34.3 Å². The van der Waals surface area contributed by atoms with Crippen LogP contribution in [0.4, 0.5) is 0 Å². The Morgan fingerprint density at radius 2 is 1.07 bits per heavy atom. The van der Waals surface area contributed by atoms with E-state index in [4.69, 9.17) is 25.8 Å². The summed E-state index contributed by atoms with van der Waals surface area (Å²) in [6, 6.07) is 45.5. The fourth-order valence-electron chi connectivity index (χ4n) is 5.93. The van der Waals surface area contributed by atoms with E-state index in [1.165, 1.54) is 22.7 Å². The Kier molecular flexibility index (Phi) is 15.6. The summed E-state index contributed by atoms with van der Waals surface area (Å²) in [6.45, 7) is 4.83. The van der Waals surface area contributed by atoms with Gasteiger partial charge < -0.3 is 19.3 Å². The summed E-state index contributed by atoms with van der Waals surface area (Å²) in [7, 11) is 0. The van der Waals surface area contributed by atoms with E-state index in [0.717, 1.165) is 42.7 Å². The lowest BCUT2D eigenvalue weighted by Gasteiger charge is -2.11. The van der Waals surface area contributed by atoms with Gasteiger partial charge in [0, 0.05) is 24.0 Å². The molecule has 1 N–H and O–H groups in total. The molecule has 0 aliphatic carbocycles. The number of Topliss-reactive ketones (excluding diaryl/α,β-unsaturated/α-hetero) is 2. The average molecular weight is 843 g/mol. The Bertz CT molecular complexity index is 2530. The number of ether oxygens (including phenoxy) is 3. The lowest BCUT2D eigenvalue weighted by atomic mass is 10.0. The van der Waals surface area contributed by atoms with Crippen molar-refractivity contribution in [1.29, 1.82) is 0 Å². The van der Waals surface area contributed by atoms with Crippen LogP contribution < -0.4 is 14.2 Å². The first-order valence-corrected chi connectivity index (χ1v) is 21.2. The zero-order chi connectivity index (χ0) is 41.4. The number of hydrogen-bond donors (Lipinski definition) is 1. The van der Waals surface area contributed by atoms with Crippen LogP contribution in [0.25, 0.3) is 20.4 Å². The quantitative estimate of drug-likeness (QED) is 0.108. The van der Waals surface area contributed by atoms with E-state index in [1.54, 1.807) is 12.1 Å². The maximum absolute atomic E-state index is 12.4. The molecule has 300 valence electrons. The third-order valence-corrected chi connectivity index (χ3v) is 10.9. The Morgan fingerprint density at radius 3 is 1.63 bits per heavy atom. The molecule has 0 atom stereocenters. The van der Waals surface area contributed by atoms with Crippen molar-refractivity contribution in [2.75, 3.05) is 13.2 Å². The molecule has 8 rings (SSSR count). The minimum Gasteiger partial charge on any atom is -0.504 e. The topological polar surface area (TPSA) is 108 Å². The lowest BCUT2D eigenvalue weighted by molar-refractivity contribution is 0.0975. The average Bonchev–Trinajstić information content (AvgIpc) is 3.87. The third kappa shape index (κ3) is 12.5. The lowest BCUT2D eigenvalue weighted by Crippen LogP contribution is -2.02. The summed E-state index contributed by atoms with van der Waals surface area (Å²) in [5, 5.41) is 10.2. The number of carbonyl (C=O) groups excluding carboxylic acids is 2. The molecule has 0 saturated heterocycles. The van der Waals surface area contributed by atoms with Gasteiger partial charge in [-0.25, -0.2) is 9.97 Å². The normalized spacial score (nSPS) is 10.6. The van der Waals surface area contributed by atoms with Gasteiger partial charge in [-0.3, -0.25) is 9.59 Å². The van der Waals surface area contributed by atoms with Crippen molar-refractivity contribution in [1.82, 2.24) is 9.97 Å². The van der Waals surface area contributed by atoms with E-state index >= 15 is 0 Å². The highest BCUT2D eigenvalue weighted by atomic mass is 35.5. The van der Waals surface area contributed by atoms with Gasteiger partial charge in [-0.05, 0) is 86.3 Å². The maximum Gasteiger partial charge on any atom is 0.279 e. The van der Waals surface area contributed by atoms with Crippen molar-refractivity contribution in [3.05, 3.63) is 172 Å². The number of fused-ring (bicyclic) bond motifs is 2. The molecule has 0 amide bonds. The van der Waals surface area contributed by atoms with Crippen LogP contribution in [0.15, 0.2) is 146 Å². The molecule has 8 aromatic rings. The third-order valence-electron chi connectivity index (χ3n) is 8.84. The van der Waals surface area contributed by atoms with Crippen molar-refractivity contribution in [3.8, 4) is 28.2 Å². The molecular weight excluding hydrogens is 800 g/mol. The molecule has 0 spiro atoms. The van der Waals surface area contributed by atoms with Crippen LogP contribution in [0.2, 0.25) is 4.47 Å². The van der Waals surface area contributed by atoms with E-state index in [-0.39, 0.29) is 17.3 Å². The molecule has 6 aromatic carbocycles. The monoisotopic (exact) mass is 842 g/mol. The fraction of sp³-hybridized carbons (Fsp3) is 0.167. The van der Waals surface area contributed by atoms with Crippen molar-refractivity contribution >= 4 is 66.3 Å². The number of ketones is 2. The van der Waals surface area contributed by atoms with Crippen LogP contribution in [-0.4, -0.2) is 39.9 Å². The van der Waals surface area contributed by atoms with Crippen LogP contribution in [0, 0.1) is 0 Å². The largest absolute Gasteiger partial charge is 0.504 e. The Labute approximate surface area is 356 Å². The molecule has 0 aliphatic rings. The van der Waals surface area contributed by atoms with Crippen LogP contribution in [0.1, 0.15) is 58.5 Å². The number of hydrogen-bond acceptors (Lipinski definition) is 10. The number of nitrogens with zero attached hydrogens (tertiary/aromatic N) is 2. The number of halogens is 1. The van der Waals surface area contributed by atoms with Crippen molar-refractivity contribution in [3.63, 3.8) is 0 Å². The van der Waals surface area contributed by atoms with Gasteiger partial charge in [-0.2, -0.15) is 0 Å². The molecule has 0 aliphatic heterocycles. The van der Waals surface area contributed by atoms with Crippen LogP contribution in [0.5, 0.6) is 28.2 Å². The Morgan fingerprint density at radius 1 is 0.576 bits per heavy atom. The van der Waals surface area contributed by atoms with Gasteiger partial charge in [-0.15, -0.1) is 11.3 Å². The van der Waals surface area contributed by atoms with E-state index in [0.29, 0.717) is 65.8 Å². The SMILES string of the molecule is CCOc1cc(CCC(=O)c2ccccc2)ccc1O.CCOc1cc(CCC(=O)c2ccccc2)ccc1Oc1nc2ccccc2s1.Clc1nc2ccccc2s1. The second-order valence-corrected chi connectivity index (χ2v) is 15.6. The Balaban J connectivity index is 0.000000167. The first-order chi connectivity index (χ1) is 28.8. The Hall–Kier alpha value is -6.07. The second-order valence-electron chi connectivity index (χ2n) is 13.0. The minimum absolute atomic E-state index is 0.122. The molecule has 0 fully saturated rings. The molecule has 0 radical (unpaired) electrons. The highest BCUT2D eigenvalue weighted by Crippen LogP contribution is 2.37. The number of aromatic nitrogens is 2. The number of thiazole rings is 2. The molecule has 11 heteroatoms. The van der Waals surface area contributed by atoms with Crippen molar-refractivity contribution in [2.24, 2.45) is 0 Å². The summed E-state index contributed by atoms with van der Waals surface area (Å²) in [6.07, 6.45) is 2.18. The zero-order valence-corrected chi connectivity index (χ0v) is 35.1. The van der Waals surface area contributed by atoms with Crippen molar-refractivity contribution < 1.29 is 28.9 Å². The predicted molar refractivity (Wildman–Crippen MR) is 239 cm³/mol. The molecule has 0 unspecified atom stereocenters. The van der Waals surface area contributed by atoms with Gasteiger partial charge in [0.2, 0.25) is 0 Å². The number of carbonyl (C=O) groups is 2. The number of benzene rings is 6. The zero-order valence-electron chi connectivity index (χ0n) is 32.7. The van der Waals surface area contributed by atoms with Gasteiger partial charge in [-0.1, -0.05) is 120 Å². The second kappa shape index (κ2) is 21.6. The minimum atomic E-state index is 0.122. The van der Waals surface area contributed by atoms with Crippen LogP contribution in [-0.2, 0) is 12.8 Å². The molecule has 2 heterocycles. The molecule has 59 heavy (non-hydrogen) atoms. The van der Waals surface area contributed by atoms with Crippen molar-refractivity contribution in [2.45, 2.75) is 39.5 Å².